The first-order chi connectivity index (χ1) is 16.1. The van der Waals surface area contributed by atoms with E-state index in [1.54, 1.807) is 24.1 Å². The van der Waals surface area contributed by atoms with Crippen LogP contribution < -0.4 is 4.74 Å². The molecule has 1 fully saturated rings. The molecule has 0 aliphatic carbocycles. The molecular formula is C27H29N3O3. The van der Waals surface area contributed by atoms with E-state index in [1.165, 1.54) is 6.20 Å². The zero-order chi connectivity index (χ0) is 23.2. The van der Waals surface area contributed by atoms with E-state index in [0.717, 1.165) is 16.7 Å². The Morgan fingerprint density at radius 1 is 1.00 bits per heavy atom. The van der Waals surface area contributed by atoms with Gasteiger partial charge in [-0.3, -0.25) is 9.59 Å². The van der Waals surface area contributed by atoms with E-state index < -0.39 is 0 Å². The highest BCUT2D eigenvalue weighted by Gasteiger charge is 2.32. The van der Waals surface area contributed by atoms with E-state index in [2.05, 4.69) is 41.4 Å². The van der Waals surface area contributed by atoms with Gasteiger partial charge in [-0.1, -0.05) is 54.6 Å². The summed E-state index contributed by atoms with van der Waals surface area (Å²) in [6.07, 6.45) is 2.12. The fraction of sp³-hybridized carbons (Fsp3) is 0.296. The standard InChI is InChI=1S/C27H29N3O3/c1-3-29-15-16-30(26(31)23-13-14-25(33-2)28-18-23)19-24(27(29)32)17-20-9-11-22(12-10-20)21-7-5-4-6-8-21/h4-14,18,24H,3,15-17,19H2,1-2H3/t24-/m0/s1. The van der Waals surface area contributed by atoms with Crippen LogP contribution in [0.25, 0.3) is 11.1 Å². The second-order valence-electron chi connectivity index (χ2n) is 8.22. The van der Waals surface area contributed by atoms with Crippen LogP contribution in [0.2, 0.25) is 0 Å². The molecule has 0 radical (unpaired) electrons. The van der Waals surface area contributed by atoms with Gasteiger partial charge >= 0.3 is 0 Å². The van der Waals surface area contributed by atoms with Crippen molar-refractivity contribution in [1.29, 1.82) is 0 Å². The minimum atomic E-state index is -0.287. The number of benzene rings is 2. The first-order valence-electron chi connectivity index (χ1n) is 11.3. The molecule has 1 aromatic heterocycles. The van der Waals surface area contributed by atoms with Crippen LogP contribution in [0.15, 0.2) is 72.9 Å². The van der Waals surface area contributed by atoms with Gasteiger partial charge < -0.3 is 14.5 Å². The van der Waals surface area contributed by atoms with E-state index in [1.807, 2.05) is 30.0 Å². The Morgan fingerprint density at radius 3 is 2.36 bits per heavy atom. The molecule has 4 rings (SSSR count). The Hall–Kier alpha value is -3.67. The number of amides is 2. The van der Waals surface area contributed by atoms with Gasteiger partial charge in [0.05, 0.1) is 18.6 Å². The summed E-state index contributed by atoms with van der Waals surface area (Å²) in [6, 6.07) is 22.0. The lowest BCUT2D eigenvalue weighted by Crippen LogP contribution is -2.38. The molecular weight excluding hydrogens is 414 g/mol. The molecule has 2 aromatic carbocycles. The fourth-order valence-corrected chi connectivity index (χ4v) is 4.25. The number of hydrogen-bond acceptors (Lipinski definition) is 4. The summed E-state index contributed by atoms with van der Waals surface area (Å²) in [5.41, 5.74) is 3.89. The molecule has 2 heterocycles. The van der Waals surface area contributed by atoms with Crippen molar-refractivity contribution in [2.75, 3.05) is 33.3 Å². The molecule has 0 saturated carbocycles. The summed E-state index contributed by atoms with van der Waals surface area (Å²) in [4.78, 5) is 34.2. The quantitative estimate of drug-likeness (QED) is 0.579. The summed E-state index contributed by atoms with van der Waals surface area (Å²) in [6.45, 7) is 4.05. The highest BCUT2D eigenvalue weighted by atomic mass is 16.5. The van der Waals surface area contributed by atoms with E-state index >= 15 is 0 Å². The van der Waals surface area contributed by atoms with E-state index in [-0.39, 0.29) is 17.7 Å². The number of methoxy groups -OCH3 is 1. The van der Waals surface area contributed by atoms with Crippen LogP contribution in [0.4, 0.5) is 0 Å². The van der Waals surface area contributed by atoms with Gasteiger partial charge in [0.15, 0.2) is 0 Å². The summed E-state index contributed by atoms with van der Waals surface area (Å²) in [7, 11) is 1.54. The molecule has 0 N–H and O–H groups in total. The number of likely N-dealkylation sites (N-methyl/N-ethyl adjacent to an activating group) is 1. The first kappa shape index (κ1) is 22.5. The summed E-state index contributed by atoms with van der Waals surface area (Å²) in [5, 5.41) is 0. The third-order valence-corrected chi connectivity index (χ3v) is 6.15. The molecule has 0 unspecified atom stereocenters. The largest absolute Gasteiger partial charge is 0.481 e. The highest BCUT2D eigenvalue weighted by molar-refractivity contribution is 5.94. The average molecular weight is 444 g/mol. The lowest BCUT2D eigenvalue weighted by atomic mass is 9.95. The maximum absolute atomic E-state index is 13.2. The van der Waals surface area contributed by atoms with Gasteiger partial charge in [-0.25, -0.2) is 4.98 Å². The second-order valence-corrected chi connectivity index (χ2v) is 8.22. The lowest BCUT2D eigenvalue weighted by Gasteiger charge is -2.23. The van der Waals surface area contributed by atoms with Crippen LogP contribution >= 0.6 is 0 Å². The molecule has 3 aromatic rings. The smallest absolute Gasteiger partial charge is 0.255 e. The first-order valence-corrected chi connectivity index (χ1v) is 11.3. The van der Waals surface area contributed by atoms with Gasteiger partial charge in [0.25, 0.3) is 5.91 Å². The Bertz CT molecular complexity index is 1080. The predicted molar refractivity (Wildman–Crippen MR) is 128 cm³/mol. The number of ether oxygens (including phenoxy) is 1. The Kier molecular flexibility index (Phi) is 7.03. The minimum absolute atomic E-state index is 0.104. The van der Waals surface area contributed by atoms with Crippen LogP contribution in [0.1, 0.15) is 22.8 Å². The molecule has 0 spiro atoms. The number of nitrogens with zero attached hydrogens (tertiary/aromatic N) is 3. The number of carbonyl (C=O) groups excluding carboxylic acids is 2. The molecule has 1 atom stereocenters. The average Bonchev–Trinajstić information content (AvgIpc) is 3.03. The SMILES string of the molecule is CCN1CCN(C(=O)c2ccc(OC)nc2)C[C@H](Cc2ccc(-c3ccccc3)cc2)C1=O. The second kappa shape index (κ2) is 10.3. The van der Waals surface area contributed by atoms with Gasteiger partial charge in [-0.05, 0) is 36.1 Å². The number of hydrogen-bond donors (Lipinski definition) is 0. The number of rotatable bonds is 6. The van der Waals surface area contributed by atoms with Crippen molar-refractivity contribution in [2.45, 2.75) is 13.3 Å². The molecule has 6 heteroatoms. The maximum Gasteiger partial charge on any atom is 0.255 e. The zero-order valence-electron chi connectivity index (χ0n) is 19.1. The van der Waals surface area contributed by atoms with Gasteiger partial charge in [0.1, 0.15) is 0 Å². The van der Waals surface area contributed by atoms with Gasteiger partial charge in [0, 0.05) is 38.4 Å². The highest BCUT2D eigenvalue weighted by Crippen LogP contribution is 2.23. The van der Waals surface area contributed by atoms with Crippen LogP contribution in [0, 0.1) is 5.92 Å². The van der Waals surface area contributed by atoms with Crippen molar-refractivity contribution >= 4 is 11.8 Å². The molecule has 33 heavy (non-hydrogen) atoms. The summed E-state index contributed by atoms with van der Waals surface area (Å²) in [5.74, 6) is 0.171. The van der Waals surface area contributed by atoms with E-state index in [4.69, 9.17) is 4.74 Å². The van der Waals surface area contributed by atoms with Crippen molar-refractivity contribution in [2.24, 2.45) is 5.92 Å². The van der Waals surface area contributed by atoms with Gasteiger partial charge in [0.2, 0.25) is 11.8 Å². The van der Waals surface area contributed by atoms with Gasteiger partial charge in [-0.15, -0.1) is 0 Å². The molecule has 1 saturated heterocycles. The summed E-state index contributed by atoms with van der Waals surface area (Å²) < 4.78 is 5.09. The van der Waals surface area contributed by atoms with Crippen molar-refractivity contribution in [1.82, 2.24) is 14.8 Å². The predicted octanol–water partition coefficient (Wildman–Crippen LogP) is 3.92. The van der Waals surface area contributed by atoms with Crippen LogP contribution in [0.5, 0.6) is 5.88 Å². The van der Waals surface area contributed by atoms with Gasteiger partial charge in [-0.2, -0.15) is 0 Å². The lowest BCUT2D eigenvalue weighted by molar-refractivity contribution is -0.134. The number of aromatic nitrogens is 1. The van der Waals surface area contributed by atoms with Crippen molar-refractivity contribution in [3.05, 3.63) is 84.1 Å². The van der Waals surface area contributed by atoms with Crippen LogP contribution in [-0.2, 0) is 11.2 Å². The normalized spacial score (nSPS) is 16.4. The Labute approximate surface area is 194 Å². The topological polar surface area (TPSA) is 62.7 Å². The third kappa shape index (κ3) is 5.22. The van der Waals surface area contributed by atoms with Crippen molar-refractivity contribution in [3.8, 4) is 17.0 Å². The minimum Gasteiger partial charge on any atom is -0.481 e. The Morgan fingerprint density at radius 2 is 1.73 bits per heavy atom. The van der Waals surface area contributed by atoms with Crippen LogP contribution in [0.3, 0.4) is 0 Å². The maximum atomic E-state index is 13.2. The fourth-order valence-electron chi connectivity index (χ4n) is 4.25. The van der Waals surface area contributed by atoms with Crippen molar-refractivity contribution < 1.29 is 14.3 Å². The number of pyridine rings is 1. The Balaban J connectivity index is 1.52. The zero-order valence-corrected chi connectivity index (χ0v) is 19.1. The third-order valence-electron chi connectivity index (χ3n) is 6.15. The van der Waals surface area contributed by atoms with E-state index in [0.29, 0.717) is 44.0 Å². The van der Waals surface area contributed by atoms with Crippen LogP contribution in [-0.4, -0.2) is 59.9 Å². The van der Waals surface area contributed by atoms with Crippen molar-refractivity contribution in [3.63, 3.8) is 0 Å². The molecule has 1 aliphatic heterocycles. The molecule has 1 aliphatic rings. The number of carbonyl (C=O) groups is 2. The summed E-state index contributed by atoms with van der Waals surface area (Å²) >= 11 is 0. The molecule has 6 nitrogen and oxygen atoms in total. The monoisotopic (exact) mass is 443 g/mol. The van der Waals surface area contributed by atoms with E-state index in [9.17, 15) is 9.59 Å². The molecule has 170 valence electrons. The molecule has 2 amide bonds. The molecule has 0 bridgehead atoms.